The number of piperidine rings is 1. The summed E-state index contributed by atoms with van der Waals surface area (Å²) in [6.45, 7) is 4.37. The van der Waals surface area contributed by atoms with Crippen molar-refractivity contribution in [1.82, 2.24) is 14.5 Å². The summed E-state index contributed by atoms with van der Waals surface area (Å²) in [4.78, 5) is 7.23. The molecule has 0 spiro atoms. The molecule has 1 N–H and O–H groups in total. The summed E-state index contributed by atoms with van der Waals surface area (Å²) in [5.41, 5.74) is 1.14. The predicted octanol–water partition coefficient (Wildman–Crippen LogP) is 3.59. The Balaban J connectivity index is 1.64. The Morgan fingerprint density at radius 1 is 1.14 bits per heavy atom. The molecule has 2 heterocycles. The Bertz CT molecular complexity index is 448. The third-order valence-corrected chi connectivity index (χ3v) is 5.24. The molecule has 118 valence electrons. The molecule has 1 saturated heterocycles. The highest BCUT2D eigenvalue weighted by Crippen LogP contribution is 2.31. The number of likely N-dealkylation sites (tertiary alicyclic amines) is 1. The van der Waals surface area contributed by atoms with Crippen molar-refractivity contribution in [2.24, 2.45) is 0 Å². The standard InChI is InChI=1S/C17H30N4/c1-14-13-21(15-8-4-3-5-9-15)17(19-14)18-12-16-10-6-7-11-20(16)2/h13,15-16H,3-12H2,1-2H3,(H,18,19). The molecule has 1 unspecified atom stereocenters. The van der Waals surface area contributed by atoms with Crippen molar-refractivity contribution in [3.8, 4) is 0 Å². The summed E-state index contributed by atoms with van der Waals surface area (Å²) >= 11 is 0. The lowest BCUT2D eigenvalue weighted by Gasteiger charge is -2.33. The number of aromatic nitrogens is 2. The van der Waals surface area contributed by atoms with Gasteiger partial charge in [0.2, 0.25) is 5.95 Å². The average Bonchev–Trinajstić information content (AvgIpc) is 2.88. The zero-order chi connectivity index (χ0) is 14.7. The van der Waals surface area contributed by atoms with Gasteiger partial charge in [-0.1, -0.05) is 25.7 Å². The monoisotopic (exact) mass is 290 g/mol. The molecule has 0 radical (unpaired) electrons. The second-order valence-corrected chi connectivity index (χ2v) is 6.92. The first-order valence-corrected chi connectivity index (χ1v) is 8.73. The lowest BCUT2D eigenvalue weighted by molar-refractivity contribution is 0.194. The zero-order valence-electron chi connectivity index (χ0n) is 13.6. The Kier molecular flexibility index (Phi) is 4.84. The highest BCUT2D eigenvalue weighted by atomic mass is 15.2. The third-order valence-electron chi connectivity index (χ3n) is 5.24. The molecule has 0 bridgehead atoms. The first-order chi connectivity index (χ1) is 10.2. The number of anilines is 1. The second-order valence-electron chi connectivity index (χ2n) is 6.92. The zero-order valence-corrected chi connectivity index (χ0v) is 13.6. The third kappa shape index (κ3) is 3.60. The Morgan fingerprint density at radius 2 is 1.90 bits per heavy atom. The van der Waals surface area contributed by atoms with Gasteiger partial charge in [-0.25, -0.2) is 4.98 Å². The van der Waals surface area contributed by atoms with Gasteiger partial charge in [-0.15, -0.1) is 0 Å². The van der Waals surface area contributed by atoms with Gasteiger partial charge in [-0.3, -0.25) is 0 Å². The summed E-state index contributed by atoms with van der Waals surface area (Å²) in [6, 6.07) is 1.32. The first kappa shape index (κ1) is 14.9. The molecule has 1 atom stereocenters. The van der Waals surface area contributed by atoms with E-state index in [2.05, 4.69) is 35.0 Å². The van der Waals surface area contributed by atoms with Crippen LogP contribution in [0.25, 0.3) is 0 Å². The lowest BCUT2D eigenvalue weighted by Crippen LogP contribution is -2.41. The number of nitrogens with one attached hydrogen (secondary N) is 1. The van der Waals surface area contributed by atoms with E-state index >= 15 is 0 Å². The van der Waals surface area contributed by atoms with E-state index in [1.54, 1.807) is 0 Å². The fraction of sp³-hybridized carbons (Fsp3) is 0.824. The van der Waals surface area contributed by atoms with E-state index < -0.39 is 0 Å². The van der Waals surface area contributed by atoms with Crippen LogP contribution in [0.4, 0.5) is 5.95 Å². The largest absolute Gasteiger partial charge is 0.354 e. The summed E-state index contributed by atoms with van der Waals surface area (Å²) < 4.78 is 2.41. The predicted molar refractivity (Wildman–Crippen MR) is 87.8 cm³/mol. The van der Waals surface area contributed by atoms with Gasteiger partial charge < -0.3 is 14.8 Å². The fourth-order valence-corrected chi connectivity index (χ4v) is 3.90. The topological polar surface area (TPSA) is 33.1 Å². The van der Waals surface area contributed by atoms with Gasteiger partial charge in [0.05, 0.1) is 5.69 Å². The van der Waals surface area contributed by atoms with Gasteiger partial charge in [0.15, 0.2) is 0 Å². The van der Waals surface area contributed by atoms with Crippen LogP contribution in [-0.2, 0) is 0 Å². The van der Waals surface area contributed by atoms with Crippen LogP contribution in [-0.4, -0.2) is 40.6 Å². The molecule has 1 saturated carbocycles. The molecule has 0 aromatic carbocycles. The highest BCUT2D eigenvalue weighted by molar-refractivity contribution is 5.30. The van der Waals surface area contributed by atoms with Crippen molar-refractivity contribution < 1.29 is 0 Å². The van der Waals surface area contributed by atoms with Crippen LogP contribution < -0.4 is 5.32 Å². The van der Waals surface area contributed by atoms with Crippen molar-refractivity contribution in [3.63, 3.8) is 0 Å². The van der Waals surface area contributed by atoms with E-state index in [0.29, 0.717) is 12.1 Å². The number of hydrogen-bond acceptors (Lipinski definition) is 3. The molecule has 1 aromatic rings. The van der Waals surface area contributed by atoms with Crippen LogP contribution in [0.5, 0.6) is 0 Å². The highest BCUT2D eigenvalue weighted by Gasteiger charge is 2.21. The van der Waals surface area contributed by atoms with Crippen molar-refractivity contribution in [3.05, 3.63) is 11.9 Å². The van der Waals surface area contributed by atoms with Crippen LogP contribution in [0.3, 0.4) is 0 Å². The van der Waals surface area contributed by atoms with Crippen LogP contribution in [0.2, 0.25) is 0 Å². The molecule has 1 aliphatic carbocycles. The van der Waals surface area contributed by atoms with E-state index in [-0.39, 0.29) is 0 Å². The fourth-order valence-electron chi connectivity index (χ4n) is 3.90. The number of rotatable bonds is 4. The number of aryl methyl sites for hydroxylation is 1. The number of hydrogen-bond donors (Lipinski definition) is 1. The molecule has 21 heavy (non-hydrogen) atoms. The van der Waals surface area contributed by atoms with Crippen LogP contribution in [0.15, 0.2) is 6.20 Å². The van der Waals surface area contributed by atoms with Crippen LogP contribution >= 0.6 is 0 Å². The van der Waals surface area contributed by atoms with Crippen LogP contribution in [0.1, 0.15) is 63.1 Å². The van der Waals surface area contributed by atoms with Gasteiger partial charge in [0, 0.05) is 24.8 Å². The van der Waals surface area contributed by atoms with E-state index in [1.165, 1.54) is 57.9 Å². The Hall–Kier alpha value is -1.03. The van der Waals surface area contributed by atoms with Gasteiger partial charge >= 0.3 is 0 Å². The Morgan fingerprint density at radius 3 is 2.67 bits per heavy atom. The maximum atomic E-state index is 4.73. The van der Waals surface area contributed by atoms with Gasteiger partial charge in [0.25, 0.3) is 0 Å². The smallest absolute Gasteiger partial charge is 0.203 e. The Labute approximate surface area is 128 Å². The van der Waals surface area contributed by atoms with E-state index in [0.717, 1.165) is 18.2 Å². The van der Waals surface area contributed by atoms with Crippen molar-refractivity contribution in [2.45, 2.75) is 70.4 Å². The van der Waals surface area contributed by atoms with Crippen molar-refractivity contribution >= 4 is 5.95 Å². The summed E-state index contributed by atoms with van der Waals surface area (Å²) in [7, 11) is 2.25. The number of likely N-dealkylation sites (N-methyl/N-ethyl adjacent to an activating group) is 1. The molecule has 4 nitrogen and oxygen atoms in total. The van der Waals surface area contributed by atoms with Crippen LogP contribution in [0, 0.1) is 6.92 Å². The maximum Gasteiger partial charge on any atom is 0.203 e. The molecular formula is C17H30N4. The molecule has 3 rings (SSSR count). The average molecular weight is 290 g/mol. The van der Waals surface area contributed by atoms with Gasteiger partial charge in [-0.2, -0.15) is 0 Å². The normalized spacial score (nSPS) is 25.1. The van der Waals surface area contributed by atoms with Crippen molar-refractivity contribution in [2.75, 3.05) is 25.5 Å². The van der Waals surface area contributed by atoms with E-state index in [9.17, 15) is 0 Å². The summed E-state index contributed by atoms with van der Waals surface area (Å²) in [5, 5.41) is 3.64. The molecule has 1 aliphatic heterocycles. The maximum absolute atomic E-state index is 4.73. The number of nitrogens with zero attached hydrogens (tertiary/aromatic N) is 3. The minimum atomic E-state index is 0.659. The SMILES string of the molecule is Cc1cn(C2CCCCC2)c(NCC2CCCCN2C)n1. The minimum Gasteiger partial charge on any atom is -0.354 e. The minimum absolute atomic E-state index is 0.659. The second kappa shape index (κ2) is 6.82. The first-order valence-electron chi connectivity index (χ1n) is 8.73. The van der Waals surface area contributed by atoms with Gasteiger partial charge in [-0.05, 0) is 46.2 Å². The number of imidazole rings is 1. The summed E-state index contributed by atoms with van der Waals surface area (Å²) in [6.07, 6.45) is 13.0. The molecular weight excluding hydrogens is 260 g/mol. The molecule has 0 amide bonds. The van der Waals surface area contributed by atoms with E-state index in [1.807, 2.05) is 0 Å². The van der Waals surface area contributed by atoms with E-state index in [4.69, 9.17) is 4.98 Å². The quantitative estimate of drug-likeness (QED) is 0.920. The van der Waals surface area contributed by atoms with Gasteiger partial charge in [0.1, 0.15) is 0 Å². The van der Waals surface area contributed by atoms with Crippen molar-refractivity contribution in [1.29, 1.82) is 0 Å². The molecule has 4 heteroatoms. The molecule has 1 aromatic heterocycles. The molecule has 2 fully saturated rings. The summed E-state index contributed by atoms with van der Waals surface area (Å²) in [5.74, 6) is 1.10. The molecule has 2 aliphatic rings. The lowest BCUT2D eigenvalue weighted by atomic mass is 9.95.